The first-order chi connectivity index (χ1) is 9.24. The molecule has 1 heterocycles. The zero-order valence-electron chi connectivity index (χ0n) is 11.6. The van der Waals surface area contributed by atoms with Crippen LogP contribution in [-0.2, 0) is 6.54 Å². The lowest BCUT2D eigenvalue weighted by molar-refractivity contribution is 0.416. The van der Waals surface area contributed by atoms with Crippen LogP contribution in [0, 0.1) is 6.92 Å². The highest BCUT2D eigenvalue weighted by Crippen LogP contribution is 2.32. The SMILES string of the molecule is CCCNCc1nnc(-c2cc(C)ccc2OC)s1. The van der Waals surface area contributed by atoms with Crippen molar-refractivity contribution < 1.29 is 4.74 Å². The minimum Gasteiger partial charge on any atom is -0.496 e. The lowest BCUT2D eigenvalue weighted by atomic mass is 10.1. The molecule has 19 heavy (non-hydrogen) atoms. The minimum atomic E-state index is 0.777. The van der Waals surface area contributed by atoms with Crippen LogP contribution in [-0.4, -0.2) is 23.9 Å². The first kappa shape index (κ1) is 14.0. The Kier molecular flexibility index (Phi) is 4.87. The fraction of sp³-hybridized carbons (Fsp3) is 0.429. The summed E-state index contributed by atoms with van der Waals surface area (Å²) in [6, 6.07) is 6.09. The summed E-state index contributed by atoms with van der Waals surface area (Å²) >= 11 is 1.61. The molecule has 0 fully saturated rings. The molecule has 2 rings (SSSR count). The Balaban J connectivity index is 2.20. The van der Waals surface area contributed by atoms with Gasteiger partial charge in [-0.05, 0) is 32.0 Å². The quantitative estimate of drug-likeness (QED) is 0.825. The van der Waals surface area contributed by atoms with Gasteiger partial charge in [-0.1, -0.05) is 29.9 Å². The smallest absolute Gasteiger partial charge is 0.151 e. The third-order valence-corrected chi connectivity index (χ3v) is 3.71. The fourth-order valence-electron chi connectivity index (χ4n) is 1.79. The lowest BCUT2D eigenvalue weighted by Crippen LogP contribution is -2.13. The number of hydrogen-bond acceptors (Lipinski definition) is 5. The highest BCUT2D eigenvalue weighted by Gasteiger charge is 2.11. The number of methoxy groups -OCH3 is 1. The zero-order valence-corrected chi connectivity index (χ0v) is 12.4. The van der Waals surface area contributed by atoms with Crippen LogP contribution in [0.1, 0.15) is 23.9 Å². The van der Waals surface area contributed by atoms with E-state index < -0.39 is 0 Å². The van der Waals surface area contributed by atoms with Gasteiger partial charge >= 0.3 is 0 Å². The number of nitrogens with one attached hydrogen (secondary N) is 1. The summed E-state index contributed by atoms with van der Waals surface area (Å²) in [4.78, 5) is 0. The maximum atomic E-state index is 5.39. The predicted octanol–water partition coefficient (Wildman–Crippen LogP) is 3.02. The number of hydrogen-bond donors (Lipinski definition) is 1. The first-order valence-electron chi connectivity index (χ1n) is 6.42. The van der Waals surface area contributed by atoms with Crippen molar-refractivity contribution in [3.63, 3.8) is 0 Å². The minimum absolute atomic E-state index is 0.777. The molecular formula is C14H19N3OS. The van der Waals surface area contributed by atoms with Crippen molar-refractivity contribution in [1.29, 1.82) is 0 Å². The molecule has 0 spiro atoms. The van der Waals surface area contributed by atoms with E-state index in [2.05, 4.69) is 35.4 Å². The largest absolute Gasteiger partial charge is 0.496 e. The molecule has 0 aliphatic heterocycles. The molecule has 0 atom stereocenters. The maximum absolute atomic E-state index is 5.39. The Morgan fingerprint density at radius 2 is 2.16 bits per heavy atom. The van der Waals surface area contributed by atoms with Gasteiger partial charge in [-0.25, -0.2) is 0 Å². The summed E-state index contributed by atoms with van der Waals surface area (Å²) in [5.41, 5.74) is 2.21. The van der Waals surface area contributed by atoms with Crippen LogP contribution in [0.2, 0.25) is 0 Å². The Morgan fingerprint density at radius 1 is 1.32 bits per heavy atom. The van der Waals surface area contributed by atoms with Crippen molar-refractivity contribution in [2.24, 2.45) is 0 Å². The summed E-state index contributed by atoms with van der Waals surface area (Å²) in [5.74, 6) is 0.842. The van der Waals surface area contributed by atoms with E-state index in [4.69, 9.17) is 4.74 Å². The van der Waals surface area contributed by atoms with Gasteiger partial charge in [-0.2, -0.15) is 0 Å². The first-order valence-corrected chi connectivity index (χ1v) is 7.24. The number of nitrogens with zero attached hydrogens (tertiary/aromatic N) is 2. The Hall–Kier alpha value is -1.46. The lowest BCUT2D eigenvalue weighted by Gasteiger charge is -2.06. The van der Waals surface area contributed by atoms with E-state index >= 15 is 0 Å². The van der Waals surface area contributed by atoms with E-state index in [-0.39, 0.29) is 0 Å². The van der Waals surface area contributed by atoms with Gasteiger partial charge in [-0.3, -0.25) is 0 Å². The van der Waals surface area contributed by atoms with Crippen LogP contribution in [0.4, 0.5) is 0 Å². The molecule has 1 aromatic carbocycles. The molecule has 0 aliphatic carbocycles. The molecule has 4 nitrogen and oxygen atoms in total. The number of benzene rings is 1. The second-order valence-corrected chi connectivity index (χ2v) is 5.44. The Morgan fingerprint density at radius 3 is 2.89 bits per heavy atom. The van der Waals surface area contributed by atoms with Crippen molar-refractivity contribution in [2.45, 2.75) is 26.8 Å². The van der Waals surface area contributed by atoms with Gasteiger partial charge in [0.1, 0.15) is 10.8 Å². The van der Waals surface area contributed by atoms with Crippen molar-refractivity contribution in [1.82, 2.24) is 15.5 Å². The van der Waals surface area contributed by atoms with E-state index in [0.717, 1.165) is 40.8 Å². The Labute approximate surface area is 117 Å². The summed E-state index contributed by atoms with van der Waals surface area (Å²) in [5, 5.41) is 13.7. The van der Waals surface area contributed by atoms with Gasteiger partial charge in [0.2, 0.25) is 0 Å². The number of aryl methyl sites for hydroxylation is 1. The van der Waals surface area contributed by atoms with Gasteiger partial charge < -0.3 is 10.1 Å². The predicted molar refractivity (Wildman–Crippen MR) is 78.6 cm³/mol. The maximum Gasteiger partial charge on any atom is 0.151 e. The molecule has 0 unspecified atom stereocenters. The van der Waals surface area contributed by atoms with Crippen LogP contribution in [0.5, 0.6) is 5.75 Å². The van der Waals surface area contributed by atoms with Gasteiger partial charge in [0.25, 0.3) is 0 Å². The van der Waals surface area contributed by atoms with Crippen LogP contribution < -0.4 is 10.1 Å². The summed E-state index contributed by atoms with van der Waals surface area (Å²) in [6.07, 6.45) is 1.12. The molecule has 0 amide bonds. The molecule has 0 radical (unpaired) electrons. The average Bonchev–Trinajstić information content (AvgIpc) is 2.88. The molecule has 2 aromatic rings. The third kappa shape index (κ3) is 3.52. The molecule has 0 bridgehead atoms. The molecule has 1 aromatic heterocycles. The van der Waals surface area contributed by atoms with Crippen molar-refractivity contribution >= 4 is 11.3 Å². The van der Waals surface area contributed by atoms with Crippen LogP contribution in [0.15, 0.2) is 18.2 Å². The topological polar surface area (TPSA) is 47.0 Å². The number of ether oxygens (including phenoxy) is 1. The number of rotatable bonds is 6. The van der Waals surface area contributed by atoms with E-state index in [0.29, 0.717) is 0 Å². The van der Waals surface area contributed by atoms with Gasteiger partial charge in [-0.15, -0.1) is 10.2 Å². The van der Waals surface area contributed by atoms with Crippen molar-refractivity contribution in [3.8, 4) is 16.3 Å². The van der Waals surface area contributed by atoms with Gasteiger partial charge in [0, 0.05) is 6.54 Å². The second-order valence-electron chi connectivity index (χ2n) is 4.38. The molecule has 102 valence electrons. The normalized spacial score (nSPS) is 10.7. The highest BCUT2D eigenvalue weighted by atomic mass is 32.1. The van der Waals surface area contributed by atoms with E-state index in [1.165, 1.54) is 5.56 Å². The molecule has 5 heteroatoms. The van der Waals surface area contributed by atoms with Crippen LogP contribution in [0.25, 0.3) is 10.6 Å². The number of aromatic nitrogens is 2. The van der Waals surface area contributed by atoms with Gasteiger partial charge in [0.05, 0.1) is 12.7 Å². The zero-order chi connectivity index (χ0) is 13.7. The van der Waals surface area contributed by atoms with E-state index in [1.807, 2.05) is 12.1 Å². The Bertz CT molecular complexity index is 539. The molecule has 1 N–H and O–H groups in total. The van der Waals surface area contributed by atoms with Gasteiger partial charge in [0.15, 0.2) is 5.01 Å². The summed E-state index contributed by atoms with van der Waals surface area (Å²) in [6.45, 7) is 5.99. The van der Waals surface area contributed by atoms with Crippen molar-refractivity contribution in [2.75, 3.05) is 13.7 Å². The summed E-state index contributed by atoms with van der Waals surface area (Å²) < 4.78 is 5.39. The van der Waals surface area contributed by atoms with E-state index in [9.17, 15) is 0 Å². The molecule has 0 aliphatic rings. The average molecular weight is 277 g/mol. The standard InChI is InChI=1S/C14H19N3OS/c1-4-7-15-9-13-16-17-14(19-13)11-8-10(2)5-6-12(11)18-3/h5-6,8,15H,4,7,9H2,1-3H3. The second kappa shape index (κ2) is 6.63. The molecule has 0 saturated carbocycles. The monoisotopic (exact) mass is 277 g/mol. The van der Waals surface area contributed by atoms with E-state index in [1.54, 1.807) is 18.4 Å². The summed E-state index contributed by atoms with van der Waals surface area (Å²) in [7, 11) is 1.68. The van der Waals surface area contributed by atoms with Crippen LogP contribution >= 0.6 is 11.3 Å². The highest BCUT2D eigenvalue weighted by molar-refractivity contribution is 7.14. The fourth-order valence-corrected chi connectivity index (χ4v) is 2.63. The molecular weight excluding hydrogens is 258 g/mol. The third-order valence-electron chi connectivity index (χ3n) is 2.76. The molecule has 0 saturated heterocycles. The van der Waals surface area contributed by atoms with Crippen LogP contribution in [0.3, 0.4) is 0 Å². The van der Waals surface area contributed by atoms with Crippen molar-refractivity contribution in [3.05, 3.63) is 28.8 Å².